The summed E-state index contributed by atoms with van der Waals surface area (Å²) in [5.74, 6) is -0.184. The van der Waals surface area contributed by atoms with Gasteiger partial charge in [-0.3, -0.25) is 19.7 Å². The minimum Gasteiger partial charge on any atom is -0.352 e. The van der Waals surface area contributed by atoms with E-state index in [0.717, 1.165) is 30.6 Å². The number of hydrogen-bond acceptors (Lipinski definition) is 6. The molecule has 1 aromatic heterocycles. The lowest BCUT2D eigenvalue weighted by molar-refractivity contribution is -0.129. The Hall–Kier alpha value is -3.78. The number of unbranched alkanes of at least 4 members (excludes halogenated alkanes) is 3. The Morgan fingerprint density at radius 3 is 2.42 bits per heavy atom. The van der Waals surface area contributed by atoms with Gasteiger partial charge in [0.1, 0.15) is 0 Å². The number of carbonyl (C=O) groups excluding carboxylic acids is 2. The van der Waals surface area contributed by atoms with Crippen molar-refractivity contribution < 1.29 is 14.8 Å². The van der Waals surface area contributed by atoms with Crippen LogP contribution in [0.5, 0.6) is 0 Å². The third kappa shape index (κ3) is 8.34. The number of carbonyl (C=O) groups is 2. The van der Waals surface area contributed by atoms with Gasteiger partial charge in [0.2, 0.25) is 11.9 Å². The second-order valence-electron chi connectivity index (χ2n) is 7.22. The van der Waals surface area contributed by atoms with Crippen molar-refractivity contribution >= 4 is 23.5 Å². The zero-order valence-electron chi connectivity index (χ0n) is 18.9. The molecule has 0 aliphatic rings. The molecule has 0 saturated heterocycles. The SMILES string of the molecule is C=C/C(=C\C=C/C)N(c1ccccc1)c1ncc(C(=O)NCCCCCCC(=O)NO)cn1. The van der Waals surface area contributed by atoms with Gasteiger partial charge in [-0.2, -0.15) is 0 Å². The number of hydrogen-bond donors (Lipinski definition) is 3. The number of para-hydroxylation sites is 1. The maximum atomic E-state index is 12.4. The molecule has 3 N–H and O–H groups in total. The summed E-state index contributed by atoms with van der Waals surface area (Å²) in [6.45, 7) is 6.37. The summed E-state index contributed by atoms with van der Waals surface area (Å²) in [7, 11) is 0. The van der Waals surface area contributed by atoms with E-state index in [-0.39, 0.29) is 11.8 Å². The highest BCUT2D eigenvalue weighted by molar-refractivity contribution is 5.93. The van der Waals surface area contributed by atoms with Crippen LogP contribution in [0.4, 0.5) is 11.6 Å². The van der Waals surface area contributed by atoms with Crippen LogP contribution in [0.25, 0.3) is 0 Å². The van der Waals surface area contributed by atoms with Gasteiger partial charge in [-0.05, 0) is 44.1 Å². The van der Waals surface area contributed by atoms with Crippen molar-refractivity contribution in [3.63, 3.8) is 0 Å². The number of rotatable bonds is 13. The lowest BCUT2D eigenvalue weighted by Crippen LogP contribution is -2.25. The first-order valence-corrected chi connectivity index (χ1v) is 10.9. The van der Waals surface area contributed by atoms with Crippen LogP contribution in [-0.2, 0) is 4.79 Å². The van der Waals surface area contributed by atoms with Crippen molar-refractivity contribution in [3.05, 3.63) is 84.9 Å². The first-order chi connectivity index (χ1) is 16.1. The molecule has 0 fully saturated rings. The Labute approximate surface area is 194 Å². The molecule has 0 radical (unpaired) electrons. The molecule has 0 bridgehead atoms. The number of anilines is 2. The summed E-state index contributed by atoms with van der Waals surface area (Å²) >= 11 is 0. The van der Waals surface area contributed by atoms with Gasteiger partial charge in [0, 0.05) is 36.7 Å². The smallest absolute Gasteiger partial charge is 0.254 e. The number of hydroxylamine groups is 1. The van der Waals surface area contributed by atoms with Crippen molar-refractivity contribution in [2.24, 2.45) is 0 Å². The number of benzene rings is 1. The predicted octanol–water partition coefficient (Wildman–Crippen LogP) is 4.45. The van der Waals surface area contributed by atoms with E-state index in [1.807, 2.05) is 60.4 Å². The molecule has 0 atom stereocenters. The first kappa shape index (κ1) is 25.5. The first-order valence-electron chi connectivity index (χ1n) is 10.9. The van der Waals surface area contributed by atoms with Crippen LogP contribution in [0.2, 0.25) is 0 Å². The van der Waals surface area contributed by atoms with Crippen LogP contribution in [0.1, 0.15) is 49.4 Å². The highest BCUT2D eigenvalue weighted by Crippen LogP contribution is 2.27. The van der Waals surface area contributed by atoms with Crippen molar-refractivity contribution in [1.29, 1.82) is 0 Å². The van der Waals surface area contributed by atoms with Crippen LogP contribution in [0.3, 0.4) is 0 Å². The molecule has 1 heterocycles. The molecule has 2 aromatic rings. The van der Waals surface area contributed by atoms with Gasteiger partial charge in [0.05, 0.1) is 5.56 Å². The zero-order valence-corrected chi connectivity index (χ0v) is 18.9. The molecule has 0 saturated carbocycles. The minimum absolute atomic E-state index is 0.235. The standard InChI is InChI=1S/C25H31N5O3/c1-3-5-13-21(4-2)30(22-14-9-8-10-15-22)25-27-18-20(19-28-25)24(32)26-17-12-7-6-11-16-23(31)29-33/h3-5,8-10,13-15,18-19,33H,2,6-7,11-12,16-17H2,1H3,(H,26,32)(H,29,31)/b5-3-,21-13+. The summed E-state index contributed by atoms with van der Waals surface area (Å²) in [5, 5.41) is 11.3. The molecule has 2 rings (SSSR count). The second kappa shape index (κ2) is 14.3. The average molecular weight is 450 g/mol. The van der Waals surface area contributed by atoms with Gasteiger partial charge in [-0.1, -0.05) is 49.8 Å². The van der Waals surface area contributed by atoms with Crippen LogP contribution < -0.4 is 15.7 Å². The van der Waals surface area contributed by atoms with Crippen molar-refractivity contribution in [2.45, 2.75) is 39.0 Å². The highest BCUT2D eigenvalue weighted by atomic mass is 16.5. The molecule has 8 nitrogen and oxygen atoms in total. The van der Waals surface area contributed by atoms with E-state index in [1.165, 1.54) is 12.4 Å². The Morgan fingerprint density at radius 1 is 1.09 bits per heavy atom. The Balaban J connectivity index is 1.99. The quantitative estimate of drug-likeness (QED) is 0.181. The summed E-state index contributed by atoms with van der Waals surface area (Å²) in [4.78, 5) is 34.1. The van der Waals surface area contributed by atoms with Crippen LogP contribution in [0, 0.1) is 0 Å². The molecule has 1 aromatic carbocycles. The lowest BCUT2D eigenvalue weighted by Gasteiger charge is -2.23. The fraction of sp³-hybridized carbons (Fsp3) is 0.280. The van der Waals surface area contributed by atoms with Gasteiger partial charge in [0.25, 0.3) is 5.91 Å². The number of allylic oxidation sites excluding steroid dienone is 4. The van der Waals surface area contributed by atoms with E-state index in [1.54, 1.807) is 11.6 Å². The normalized spacial score (nSPS) is 11.3. The molecule has 0 aliphatic heterocycles. The van der Waals surface area contributed by atoms with Gasteiger partial charge >= 0.3 is 0 Å². The third-order valence-corrected chi connectivity index (χ3v) is 4.78. The highest BCUT2D eigenvalue weighted by Gasteiger charge is 2.16. The molecule has 8 heteroatoms. The fourth-order valence-corrected chi connectivity index (χ4v) is 3.06. The largest absolute Gasteiger partial charge is 0.352 e. The van der Waals surface area contributed by atoms with E-state index < -0.39 is 0 Å². The number of amides is 2. The molecule has 174 valence electrons. The summed E-state index contributed by atoms with van der Waals surface area (Å²) in [6.07, 6.45) is 14.0. The second-order valence-corrected chi connectivity index (χ2v) is 7.22. The number of nitrogens with zero attached hydrogens (tertiary/aromatic N) is 3. The zero-order chi connectivity index (χ0) is 23.9. The molecular weight excluding hydrogens is 418 g/mol. The van der Waals surface area contributed by atoms with Crippen molar-refractivity contribution in [2.75, 3.05) is 11.4 Å². The van der Waals surface area contributed by atoms with E-state index in [0.29, 0.717) is 30.9 Å². The summed E-state index contributed by atoms with van der Waals surface area (Å²) in [5.41, 5.74) is 3.67. The fourth-order valence-electron chi connectivity index (χ4n) is 3.06. The maximum Gasteiger partial charge on any atom is 0.254 e. The summed E-state index contributed by atoms with van der Waals surface area (Å²) in [6, 6.07) is 9.70. The molecule has 0 aliphatic carbocycles. The Kier molecular flexibility index (Phi) is 11.1. The van der Waals surface area contributed by atoms with Crippen LogP contribution in [0.15, 0.2) is 79.3 Å². The number of aromatic nitrogens is 2. The maximum absolute atomic E-state index is 12.4. The average Bonchev–Trinajstić information content (AvgIpc) is 2.86. The van der Waals surface area contributed by atoms with Gasteiger partial charge in [-0.15, -0.1) is 0 Å². The van der Waals surface area contributed by atoms with E-state index >= 15 is 0 Å². The van der Waals surface area contributed by atoms with Crippen LogP contribution in [-0.4, -0.2) is 33.5 Å². The molecule has 2 amide bonds. The third-order valence-electron chi connectivity index (χ3n) is 4.78. The molecule has 33 heavy (non-hydrogen) atoms. The lowest BCUT2D eigenvalue weighted by atomic mass is 10.1. The molecule has 0 unspecified atom stereocenters. The Bertz CT molecular complexity index is 956. The van der Waals surface area contributed by atoms with Gasteiger partial charge < -0.3 is 5.32 Å². The van der Waals surface area contributed by atoms with Gasteiger partial charge in [0.15, 0.2) is 0 Å². The minimum atomic E-state index is -0.380. The number of nitrogens with one attached hydrogen (secondary N) is 2. The monoisotopic (exact) mass is 449 g/mol. The predicted molar refractivity (Wildman–Crippen MR) is 129 cm³/mol. The summed E-state index contributed by atoms with van der Waals surface area (Å²) < 4.78 is 0. The van der Waals surface area contributed by atoms with E-state index in [9.17, 15) is 9.59 Å². The van der Waals surface area contributed by atoms with Gasteiger partial charge in [-0.25, -0.2) is 15.4 Å². The topological polar surface area (TPSA) is 107 Å². The molecule has 0 spiro atoms. The van der Waals surface area contributed by atoms with E-state index in [4.69, 9.17) is 5.21 Å². The van der Waals surface area contributed by atoms with Crippen molar-refractivity contribution in [1.82, 2.24) is 20.8 Å². The Morgan fingerprint density at radius 2 is 1.79 bits per heavy atom. The van der Waals surface area contributed by atoms with Crippen molar-refractivity contribution in [3.8, 4) is 0 Å². The van der Waals surface area contributed by atoms with Crippen LogP contribution >= 0.6 is 0 Å². The molecular formula is C25H31N5O3. The van der Waals surface area contributed by atoms with E-state index in [2.05, 4.69) is 21.9 Å².